The molecule has 0 aliphatic heterocycles. The molecule has 2 aromatic rings. The molecule has 0 aliphatic carbocycles. The smallest absolute Gasteiger partial charge is 0.195 e. The van der Waals surface area contributed by atoms with E-state index in [0.29, 0.717) is 6.04 Å². The van der Waals surface area contributed by atoms with E-state index in [1.165, 1.54) is 6.42 Å². The molecule has 1 N–H and O–H groups in total. The van der Waals surface area contributed by atoms with Gasteiger partial charge in [-0.15, -0.1) is 10.2 Å². The second-order valence-corrected chi connectivity index (χ2v) is 5.27. The highest BCUT2D eigenvalue weighted by molar-refractivity contribution is 7.99. The van der Waals surface area contributed by atoms with Gasteiger partial charge in [-0.1, -0.05) is 31.7 Å². The van der Waals surface area contributed by atoms with Crippen LogP contribution in [0.4, 0.5) is 0 Å². The van der Waals surface area contributed by atoms with Crippen molar-refractivity contribution in [3.8, 4) is 0 Å². The number of pyridine rings is 1. The van der Waals surface area contributed by atoms with Crippen LogP contribution in [0, 0.1) is 0 Å². The number of hydrogen-bond acceptors (Lipinski definition) is 4. The van der Waals surface area contributed by atoms with E-state index < -0.39 is 0 Å². The van der Waals surface area contributed by atoms with Gasteiger partial charge in [0.05, 0.1) is 0 Å². The predicted molar refractivity (Wildman–Crippen MR) is 76.1 cm³/mol. The van der Waals surface area contributed by atoms with E-state index >= 15 is 0 Å². The van der Waals surface area contributed by atoms with Crippen molar-refractivity contribution < 1.29 is 0 Å². The Morgan fingerprint density at radius 1 is 1.33 bits per heavy atom. The summed E-state index contributed by atoms with van der Waals surface area (Å²) in [4.78, 5) is 0. The largest absolute Gasteiger partial charge is 0.313 e. The number of rotatable bonds is 7. The van der Waals surface area contributed by atoms with E-state index in [-0.39, 0.29) is 0 Å². The molecule has 5 heteroatoms. The summed E-state index contributed by atoms with van der Waals surface area (Å²) in [5, 5.41) is 12.9. The average Bonchev–Trinajstić information content (AvgIpc) is 2.82. The highest BCUT2D eigenvalue weighted by Gasteiger charge is 2.09. The van der Waals surface area contributed by atoms with Crippen molar-refractivity contribution in [2.45, 2.75) is 37.9 Å². The van der Waals surface area contributed by atoms with E-state index in [9.17, 15) is 0 Å². The lowest BCUT2D eigenvalue weighted by Crippen LogP contribution is -2.31. The fourth-order valence-electron chi connectivity index (χ4n) is 1.76. The van der Waals surface area contributed by atoms with Crippen molar-refractivity contribution in [3.05, 3.63) is 24.4 Å². The number of fused-ring (bicyclic) bond motifs is 1. The minimum absolute atomic E-state index is 0.547. The Labute approximate surface area is 112 Å². The van der Waals surface area contributed by atoms with Crippen LogP contribution in [0.15, 0.2) is 29.6 Å². The normalized spacial score (nSPS) is 13.0. The summed E-state index contributed by atoms with van der Waals surface area (Å²) < 4.78 is 2.04. The van der Waals surface area contributed by atoms with Gasteiger partial charge in [-0.2, -0.15) is 0 Å². The van der Waals surface area contributed by atoms with Gasteiger partial charge in [-0.25, -0.2) is 0 Å². The zero-order valence-corrected chi connectivity index (χ0v) is 11.8. The molecule has 0 saturated carbocycles. The first kappa shape index (κ1) is 13.4. The predicted octanol–water partition coefficient (Wildman–Crippen LogP) is 2.60. The van der Waals surface area contributed by atoms with Crippen molar-refractivity contribution in [1.82, 2.24) is 19.9 Å². The molecule has 0 bridgehead atoms. The third kappa shape index (κ3) is 3.23. The van der Waals surface area contributed by atoms with E-state index in [1.54, 1.807) is 11.8 Å². The monoisotopic (exact) mass is 264 g/mol. The van der Waals surface area contributed by atoms with Crippen LogP contribution in [0.5, 0.6) is 0 Å². The number of nitrogens with one attached hydrogen (secondary N) is 1. The van der Waals surface area contributed by atoms with Crippen LogP contribution in [0.3, 0.4) is 0 Å². The Hall–Kier alpha value is -1.07. The molecule has 0 spiro atoms. The van der Waals surface area contributed by atoms with Gasteiger partial charge in [0, 0.05) is 18.0 Å². The molecule has 18 heavy (non-hydrogen) atoms. The zero-order valence-electron chi connectivity index (χ0n) is 11.0. The topological polar surface area (TPSA) is 42.2 Å². The first-order valence-electron chi connectivity index (χ1n) is 6.51. The summed E-state index contributed by atoms with van der Waals surface area (Å²) in [5.41, 5.74) is 0.912. The van der Waals surface area contributed by atoms with E-state index in [1.807, 2.05) is 28.8 Å². The fraction of sp³-hybridized carbons (Fsp3) is 0.538. The van der Waals surface area contributed by atoms with Crippen LogP contribution in [0.1, 0.15) is 26.7 Å². The maximum atomic E-state index is 4.23. The van der Waals surface area contributed by atoms with Gasteiger partial charge in [0.15, 0.2) is 10.8 Å². The Kier molecular flexibility index (Phi) is 5.01. The molecule has 0 saturated heterocycles. The third-order valence-electron chi connectivity index (χ3n) is 2.87. The van der Waals surface area contributed by atoms with Crippen LogP contribution in [0.25, 0.3) is 5.65 Å². The zero-order chi connectivity index (χ0) is 12.8. The highest BCUT2D eigenvalue weighted by Crippen LogP contribution is 2.18. The molecule has 4 nitrogen and oxygen atoms in total. The van der Waals surface area contributed by atoms with Gasteiger partial charge in [0.1, 0.15) is 0 Å². The van der Waals surface area contributed by atoms with Gasteiger partial charge in [0.2, 0.25) is 0 Å². The molecule has 2 aromatic heterocycles. The minimum Gasteiger partial charge on any atom is -0.313 e. The molecule has 0 amide bonds. The van der Waals surface area contributed by atoms with Crippen molar-refractivity contribution in [2.75, 3.05) is 12.3 Å². The van der Waals surface area contributed by atoms with Crippen LogP contribution in [-0.2, 0) is 0 Å². The van der Waals surface area contributed by atoms with Gasteiger partial charge in [-0.05, 0) is 31.5 Å². The molecule has 1 unspecified atom stereocenters. The third-order valence-corrected chi connectivity index (χ3v) is 3.98. The van der Waals surface area contributed by atoms with Crippen LogP contribution in [-0.4, -0.2) is 32.9 Å². The second kappa shape index (κ2) is 6.75. The quantitative estimate of drug-likeness (QED) is 0.781. The Morgan fingerprint density at radius 2 is 2.22 bits per heavy atom. The summed E-state index contributed by atoms with van der Waals surface area (Å²) in [6, 6.07) is 6.51. The molecular weight excluding hydrogens is 244 g/mol. The van der Waals surface area contributed by atoms with Crippen molar-refractivity contribution in [1.29, 1.82) is 0 Å². The first-order chi connectivity index (χ1) is 8.85. The van der Waals surface area contributed by atoms with Gasteiger partial charge < -0.3 is 5.32 Å². The first-order valence-corrected chi connectivity index (χ1v) is 7.49. The lowest BCUT2D eigenvalue weighted by molar-refractivity contribution is 0.539. The molecule has 2 rings (SSSR count). The summed E-state index contributed by atoms with van der Waals surface area (Å²) in [5.74, 6) is 1.03. The van der Waals surface area contributed by atoms with Gasteiger partial charge in [0.25, 0.3) is 0 Å². The minimum atomic E-state index is 0.547. The van der Waals surface area contributed by atoms with Gasteiger partial charge >= 0.3 is 0 Å². The second-order valence-electron chi connectivity index (χ2n) is 4.28. The fourth-order valence-corrected chi connectivity index (χ4v) is 2.86. The maximum Gasteiger partial charge on any atom is 0.195 e. The summed E-state index contributed by atoms with van der Waals surface area (Å²) in [7, 11) is 0. The molecule has 1 atom stereocenters. The molecule has 2 heterocycles. The molecular formula is C13H20N4S. The number of hydrogen-bond donors (Lipinski definition) is 1. The molecule has 98 valence electrons. The van der Waals surface area contributed by atoms with Crippen LogP contribution < -0.4 is 5.32 Å². The summed E-state index contributed by atoms with van der Waals surface area (Å²) in [6.07, 6.45) is 4.33. The number of aromatic nitrogens is 3. The maximum absolute atomic E-state index is 4.23. The lowest BCUT2D eigenvalue weighted by atomic mass is 10.2. The summed E-state index contributed by atoms with van der Waals surface area (Å²) >= 11 is 1.77. The standard InChI is InChI=1S/C13H20N4S/c1-3-8-14-11(4-2)10-18-13-16-15-12-7-5-6-9-17(12)13/h5-7,9,11,14H,3-4,8,10H2,1-2H3. The molecule has 0 radical (unpaired) electrons. The molecule has 0 aliphatic rings. The highest BCUT2D eigenvalue weighted by atomic mass is 32.2. The molecule has 0 fully saturated rings. The number of thioether (sulfide) groups is 1. The Bertz CT molecular complexity index is 483. The van der Waals surface area contributed by atoms with E-state index in [2.05, 4.69) is 29.4 Å². The summed E-state index contributed by atoms with van der Waals surface area (Å²) in [6.45, 7) is 5.49. The average molecular weight is 264 g/mol. The van der Waals surface area contributed by atoms with Crippen molar-refractivity contribution >= 4 is 17.4 Å². The van der Waals surface area contributed by atoms with E-state index in [0.717, 1.165) is 29.5 Å². The van der Waals surface area contributed by atoms with Crippen molar-refractivity contribution in [2.24, 2.45) is 0 Å². The van der Waals surface area contributed by atoms with Crippen molar-refractivity contribution in [3.63, 3.8) is 0 Å². The number of nitrogens with zero attached hydrogens (tertiary/aromatic N) is 3. The Morgan fingerprint density at radius 3 is 3.00 bits per heavy atom. The SMILES string of the molecule is CCCNC(CC)CSc1nnc2ccccn12. The Balaban J connectivity index is 1.96. The van der Waals surface area contributed by atoms with Gasteiger partial charge in [-0.3, -0.25) is 4.40 Å². The van der Waals surface area contributed by atoms with E-state index in [4.69, 9.17) is 0 Å². The van der Waals surface area contributed by atoms with Crippen LogP contribution >= 0.6 is 11.8 Å². The van der Waals surface area contributed by atoms with Crippen LogP contribution in [0.2, 0.25) is 0 Å². The molecule has 0 aromatic carbocycles. The lowest BCUT2D eigenvalue weighted by Gasteiger charge is -2.15.